The number of anilines is 1. The van der Waals surface area contributed by atoms with E-state index < -0.39 is 41.5 Å². The van der Waals surface area contributed by atoms with Crippen LogP contribution in [-0.2, 0) is 19.1 Å². The number of fused-ring (bicyclic) bond motifs is 1. The van der Waals surface area contributed by atoms with E-state index in [1.165, 1.54) is 0 Å². The Labute approximate surface area is 252 Å². The van der Waals surface area contributed by atoms with Crippen LogP contribution in [0.4, 0.5) is 10.5 Å². The summed E-state index contributed by atoms with van der Waals surface area (Å²) in [6.07, 6.45) is 1.37. The molecule has 4 atom stereocenters. The van der Waals surface area contributed by atoms with Crippen LogP contribution in [0.25, 0.3) is 16.8 Å². The molecule has 4 amide bonds. The summed E-state index contributed by atoms with van der Waals surface area (Å²) in [5.41, 5.74) is 6.58. The molecule has 0 radical (unpaired) electrons. The second kappa shape index (κ2) is 13.1. The highest BCUT2D eigenvalue weighted by atomic mass is 16.6. The second-order valence-corrected chi connectivity index (χ2v) is 12.1. The van der Waals surface area contributed by atoms with E-state index in [4.69, 9.17) is 10.5 Å². The van der Waals surface area contributed by atoms with Gasteiger partial charge in [0.25, 0.3) is 5.91 Å². The highest BCUT2D eigenvalue weighted by Crippen LogP contribution is 2.41. The van der Waals surface area contributed by atoms with Crippen LogP contribution in [0.15, 0.2) is 73.3 Å². The number of alkyl carbamates (subject to hydrolysis) is 1. The van der Waals surface area contributed by atoms with E-state index in [0.29, 0.717) is 17.7 Å². The van der Waals surface area contributed by atoms with Gasteiger partial charge in [-0.05, 0) is 79.6 Å². The van der Waals surface area contributed by atoms with Gasteiger partial charge in [0.15, 0.2) is 0 Å². The van der Waals surface area contributed by atoms with Crippen molar-refractivity contribution in [2.45, 2.75) is 70.7 Å². The molecule has 0 aromatic heterocycles. The van der Waals surface area contributed by atoms with Gasteiger partial charge >= 0.3 is 6.09 Å². The smallest absolute Gasteiger partial charge is 0.408 e. The van der Waals surface area contributed by atoms with Crippen molar-refractivity contribution < 1.29 is 23.9 Å². The molecule has 1 aliphatic carbocycles. The van der Waals surface area contributed by atoms with Crippen molar-refractivity contribution in [1.82, 2.24) is 10.2 Å². The molecule has 1 saturated carbocycles. The fraction of sp³-hybridized carbons (Fsp3) is 0.353. The zero-order valence-corrected chi connectivity index (χ0v) is 25.1. The number of hydrogen-bond donors (Lipinski definition) is 3. The number of hydrogen-bond acceptors (Lipinski definition) is 5. The van der Waals surface area contributed by atoms with Gasteiger partial charge < -0.3 is 26.0 Å². The van der Waals surface area contributed by atoms with Gasteiger partial charge in [0, 0.05) is 18.2 Å². The van der Waals surface area contributed by atoms with E-state index in [1.807, 2.05) is 67.6 Å². The third kappa shape index (κ3) is 8.22. The number of amides is 4. The van der Waals surface area contributed by atoms with Crippen molar-refractivity contribution in [3.05, 3.63) is 84.4 Å². The molecule has 1 aliphatic rings. The summed E-state index contributed by atoms with van der Waals surface area (Å²) in [6, 6.07) is 18.3. The molecule has 0 saturated heterocycles. The maximum atomic E-state index is 14.4. The van der Waals surface area contributed by atoms with Gasteiger partial charge in [-0.2, -0.15) is 0 Å². The predicted molar refractivity (Wildman–Crippen MR) is 168 cm³/mol. The average Bonchev–Trinajstić information content (AvgIpc) is 3.67. The molecule has 0 aliphatic heterocycles. The number of nitrogens with zero attached hydrogens (tertiary/aromatic N) is 1. The Morgan fingerprint density at radius 1 is 1.05 bits per heavy atom. The lowest BCUT2D eigenvalue weighted by molar-refractivity contribution is -0.142. The first-order valence-electron chi connectivity index (χ1n) is 14.5. The fourth-order valence-corrected chi connectivity index (χ4v) is 5.12. The first-order chi connectivity index (χ1) is 20.4. The van der Waals surface area contributed by atoms with Gasteiger partial charge in [0.05, 0.1) is 0 Å². The lowest BCUT2D eigenvalue weighted by Gasteiger charge is -2.35. The molecule has 0 spiro atoms. The first-order valence-corrected chi connectivity index (χ1v) is 14.5. The van der Waals surface area contributed by atoms with Gasteiger partial charge in [-0.15, -0.1) is 0 Å². The SMILES string of the molecule is C=Cc1cccc(C(C(=O)Nc2ccc3ccccc3c2)N(C(=O)C(CCC(N)=O)NC(=O)OC(C)(C)C)C2CC2C)c1. The van der Waals surface area contributed by atoms with Crippen LogP contribution in [-0.4, -0.2) is 46.4 Å². The standard InChI is InChI=1S/C34H40N4O5/c1-6-22-10-9-13-25(19-22)30(31(40)36-26-15-14-23-11-7-8-12-24(23)20-26)38(28-18-21(28)2)32(41)27(16-17-29(35)39)37-33(42)43-34(3,4)5/h6-15,19-21,27-28,30H,1,16-18H2,2-5H3,(H2,35,39)(H,36,40)(H,37,42). The van der Waals surface area contributed by atoms with Gasteiger partial charge in [0.1, 0.15) is 17.7 Å². The normalized spacial score (nSPS) is 17.3. The van der Waals surface area contributed by atoms with Crippen LogP contribution in [0.5, 0.6) is 0 Å². The van der Waals surface area contributed by atoms with Crippen molar-refractivity contribution in [2.24, 2.45) is 11.7 Å². The molecular formula is C34H40N4O5. The number of primary amides is 1. The van der Waals surface area contributed by atoms with Crippen molar-refractivity contribution >= 4 is 46.4 Å². The second-order valence-electron chi connectivity index (χ2n) is 12.1. The lowest BCUT2D eigenvalue weighted by Crippen LogP contribution is -2.53. The summed E-state index contributed by atoms with van der Waals surface area (Å²) in [4.78, 5) is 54.7. The van der Waals surface area contributed by atoms with Gasteiger partial charge in [0.2, 0.25) is 11.8 Å². The molecule has 4 N–H and O–H groups in total. The Morgan fingerprint density at radius 2 is 1.74 bits per heavy atom. The monoisotopic (exact) mass is 584 g/mol. The van der Waals surface area contributed by atoms with Crippen LogP contribution < -0.4 is 16.4 Å². The third-order valence-electron chi connectivity index (χ3n) is 7.35. The topological polar surface area (TPSA) is 131 Å². The van der Waals surface area contributed by atoms with Gasteiger partial charge in [-0.3, -0.25) is 14.4 Å². The van der Waals surface area contributed by atoms with Gasteiger partial charge in [-0.25, -0.2) is 4.79 Å². The van der Waals surface area contributed by atoms with Crippen LogP contribution >= 0.6 is 0 Å². The van der Waals surface area contributed by atoms with E-state index in [2.05, 4.69) is 17.2 Å². The molecule has 3 aromatic rings. The largest absolute Gasteiger partial charge is 0.444 e. The number of nitrogens with one attached hydrogen (secondary N) is 2. The minimum absolute atomic E-state index is 0.0449. The summed E-state index contributed by atoms with van der Waals surface area (Å²) in [5, 5.41) is 7.65. The lowest BCUT2D eigenvalue weighted by atomic mass is 9.99. The Bertz CT molecular complexity index is 1530. The molecule has 9 heteroatoms. The van der Waals surface area contributed by atoms with Crippen LogP contribution in [0.2, 0.25) is 0 Å². The molecule has 43 heavy (non-hydrogen) atoms. The number of carbonyl (C=O) groups is 4. The van der Waals surface area contributed by atoms with E-state index >= 15 is 0 Å². The molecule has 9 nitrogen and oxygen atoms in total. The molecule has 226 valence electrons. The van der Waals surface area contributed by atoms with E-state index in [0.717, 1.165) is 16.3 Å². The Hall–Kier alpha value is -4.66. The van der Waals surface area contributed by atoms with Gasteiger partial charge in [-0.1, -0.05) is 68.1 Å². The molecule has 0 heterocycles. The molecule has 0 bridgehead atoms. The van der Waals surface area contributed by atoms with E-state index in [-0.39, 0.29) is 24.8 Å². The molecular weight excluding hydrogens is 544 g/mol. The highest BCUT2D eigenvalue weighted by Gasteiger charge is 2.48. The molecule has 1 fully saturated rings. The van der Waals surface area contributed by atoms with Crippen LogP contribution in [0, 0.1) is 5.92 Å². The van der Waals surface area contributed by atoms with Crippen molar-refractivity contribution in [2.75, 3.05) is 5.32 Å². The molecule has 3 aromatic carbocycles. The fourth-order valence-electron chi connectivity index (χ4n) is 5.12. The summed E-state index contributed by atoms with van der Waals surface area (Å²) >= 11 is 0. The average molecular weight is 585 g/mol. The number of rotatable bonds is 11. The number of carbonyl (C=O) groups excluding carboxylic acids is 4. The summed E-state index contributed by atoms with van der Waals surface area (Å²) in [5.74, 6) is -1.39. The Kier molecular flexibility index (Phi) is 9.53. The first kappa shape index (κ1) is 31.3. The number of ether oxygens (including phenoxy) is 1. The van der Waals surface area contributed by atoms with Crippen LogP contribution in [0.3, 0.4) is 0 Å². The van der Waals surface area contributed by atoms with E-state index in [9.17, 15) is 19.2 Å². The third-order valence-corrected chi connectivity index (χ3v) is 7.35. The zero-order chi connectivity index (χ0) is 31.3. The quantitative estimate of drug-likeness (QED) is 0.272. The minimum atomic E-state index is -1.14. The van der Waals surface area contributed by atoms with Crippen LogP contribution in [0.1, 0.15) is 64.1 Å². The Balaban J connectivity index is 1.74. The maximum absolute atomic E-state index is 14.4. The summed E-state index contributed by atoms with van der Waals surface area (Å²) in [6.45, 7) is 11.0. The van der Waals surface area contributed by atoms with E-state index in [1.54, 1.807) is 37.8 Å². The molecule has 4 rings (SSSR count). The summed E-state index contributed by atoms with van der Waals surface area (Å²) < 4.78 is 5.41. The summed E-state index contributed by atoms with van der Waals surface area (Å²) in [7, 11) is 0. The Morgan fingerprint density at radius 3 is 2.37 bits per heavy atom. The maximum Gasteiger partial charge on any atom is 0.408 e. The number of nitrogens with two attached hydrogens (primary N) is 1. The molecule has 4 unspecified atom stereocenters. The van der Waals surface area contributed by atoms with Crippen molar-refractivity contribution in [3.63, 3.8) is 0 Å². The van der Waals surface area contributed by atoms with Crippen molar-refractivity contribution in [3.8, 4) is 0 Å². The zero-order valence-electron chi connectivity index (χ0n) is 25.1. The van der Waals surface area contributed by atoms with Crippen molar-refractivity contribution in [1.29, 1.82) is 0 Å². The predicted octanol–water partition coefficient (Wildman–Crippen LogP) is 5.56. The minimum Gasteiger partial charge on any atom is -0.444 e. The highest BCUT2D eigenvalue weighted by molar-refractivity contribution is 6.00. The number of benzene rings is 3.